The number of halogens is 1. The van der Waals surface area contributed by atoms with Crippen molar-refractivity contribution < 1.29 is 14.8 Å². The molecule has 0 radical (unpaired) electrons. The summed E-state index contributed by atoms with van der Waals surface area (Å²) < 4.78 is 0. The summed E-state index contributed by atoms with van der Waals surface area (Å²) in [7, 11) is 0. The highest BCUT2D eigenvalue weighted by atomic mass is 35.5. The van der Waals surface area contributed by atoms with E-state index in [4.69, 9.17) is 16.8 Å². The number of urea groups is 1. The molecule has 0 saturated heterocycles. The Labute approximate surface area is 244 Å². The van der Waals surface area contributed by atoms with Crippen LogP contribution in [-0.4, -0.2) is 40.1 Å². The maximum Gasteiger partial charge on any atom is 0.319 e. The Kier molecular flexibility index (Phi) is 9.04. The smallest absolute Gasteiger partial charge is 0.319 e. The summed E-state index contributed by atoms with van der Waals surface area (Å²) in [4.78, 5) is 29.2. The fourth-order valence-corrected chi connectivity index (χ4v) is 5.72. The number of aryl methyl sites for hydroxylation is 1. The molecule has 0 spiro atoms. The SMILES string of the molecule is CCNC(=O)Nc1ccc(CN(CCc2c[nH]c3cc(Cl)ccc23)C2CCc3cc(C=CC(=O)NO)ccc32)cc1. The lowest BCUT2D eigenvalue weighted by atomic mass is 10.0. The maximum atomic E-state index is 11.9. The molecule has 0 aliphatic heterocycles. The minimum absolute atomic E-state index is 0.212. The molecule has 41 heavy (non-hydrogen) atoms. The van der Waals surface area contributed by atoms with Crippen molar-refractivity contribution in [1.82, 2.24) is 20.7 Å². The van der Waals surface area contributed by atoms with E-state index in [2.05, 4.69) is 57.0 Å². The van der Waals surface area contributed by atoms with Crippen LogP contribution in [0.4, 0.5) is 10.5 Å². The van der Waals surface area contributed by atoms with E-state index in [1.807, 2.05) is 37.3 Å². The molecule has 8 nitrogen and oxygen atoms in total. The van der Waals surface area contributed by atoms with Crippen LogP contribution in [-0.2, 0) is 24.2 Å². The van der Waals surface area contributed by atoms with Gasteiger partial charge in [-0.2, -0.15) is 0 Å². The molecule has 1 heterocycles. The number of nitrogens with one attached hydrogen (secondary N) is 4. The summed E-state index contributed by atoms with van der Waals surface area (Å²) in [6, 6.07) is 20.3. The first-order valence-corrected chi connectivity index (χ1v) is 14.2. The number of anilines is 1. The van der Waals surface area contributed by atoms with E-state index in [9.17, 15) is 9.59 Å². The first kappa shape index (κ1) is 28.4. The largest absolute Gasteiger partial charge is 0.361 e. The summed E-state index contributed by atoms with van der Waals surface area (Å²) in [5.74, 6) is -0.554. The Bertz CT molecular complexity index is 1560. The van der Waals surface area contributed by atoms with E-state index in [-0.39, 0.29) is 12.1 Å². The van der Waals surface area contributed by atoms with Gasteiger partial charge >= 0.3 is 6.03 Å². The van der Waals surface area contributed by atoms with Crippen molar-refractivity contribution in [2.75, 3.05) is 18.4 Å². The molecule has 1 aliphatic carbocycles. The average molecular weight is 572 g/mol. The number of H-pyrrole nitrogens is 1. The molecular formula is C32H34ClN5O3. The molecule has 0 bridgehead atoms. The zero-order valence-electron chi connectivity index (χ0n) is 22.9. The van der Waals surface area contributed by atoms with Gasteiger partial charge in [-0.15, -0.1) is 0 Å². The van der Waals surface area contributed by atoms with Gasteiger partial charge in [-0.05, 0) is 84.3 Å². The van der Waals surface area contributed by atoms with Gasteiger partial charge in [0, 0.05) is 59.6 Å². The molecule has 212 valence electrons. The average Bonchev–Trinajstić information content (AvgIpc) is 3.58. The first-order valence-electron chi connectivity index (χ1n) is 13.8. The predicted octanol–water partition coefficient (Wildman–Crippen LogP) is 6.21. The van der Waals surface area contributed by atoms with Gasteiger partial charge in [0.15, 0.2) is 0 Å². The molecule has 3 amide bonds. The van der Waals surface area contributed by atoms with Crippen LogP contribution in [0.2, 0.25) is 5.02 Å². The number of carbonyl (C=O) groups is 2. The molecule has 0 fully saturated rings. The van der Waals surface area contributed by atoms with Crippen LogP contribution >= 0.6 is 11.6 Å². The number of aromatic amines is 1. The molecular weight excluding hydrogens is 538 g/mol. The lowest BCUT2D eigenvalue weighted by Gasteiger charge is -2.30. The van der Waals surface area contributed by atoms with Crippen LogP contribution in [0.25, 0.3) is 17.0 Å². The number of fused-ring (bicyclic) bond motifs is 2. The van der Waals surface area contributed by atoms with Gasteiger partial charge in [-0.3, -0.25) is 14.9 Å². The number of amides is 3. The third-order valence-electron chi connectivity index (χ3n) is 7.52. The number of benzene rings is 3. The van der Waals surface area contributed by atoms with Gasteiger partial charge in [0.25, 0.3) is 5.91 Å². The van der Waals surface area contributed by atoms with Gasteiger partial charge in [-0.1, -0.05) is 48.0 Å². The van der Waals surface area contributed by atoms with Gasteiger partial charge in [0.2, 0.25) is 0 Å². The Hall–Kier alpha value is -4.11. The lowest BCUT2D eigenvalue weighted by Crippen LogP contribution is -2.29. The third-order valence-corrected chi connectivity index (χ3v) is 7.76. The van der Waals surface area contributed by atoms with Crippen molar-refractivity contribution in [2.24, 2.45) is 0 Å². The number of hydrogen-bond donors (Lipinski definition) is 5. The fourth-order valence-electron chi connectivity index (χ4n) is 5.55. The monoisotopic (exact) mass is 571 g/mol. The van der Waals surface area contributed by atoms with Crippen LogP contribution in [0.5, 0.6) is 0 Å². The number of rotatable bonds is 10. The van der Waals surface area contributed by atoms with Crippen LogP contribution in [0.15, 0.2) is 72.9 Å². The predicted molar refractivity (Wildman–Crippen MR) is 163 cm³/mol. The first-order chi connectivity index (χ1) is 19.9. The van der Waals surface area contributed by atoms with Crippen molar-refractivity contribution in [3.8, 4) is 0 Å². The van der Waals surface area contributed by atoms with E-state index in [1.165, 1.54) is 33.7 Å². The minimum Gasteiger partial charge on any atom is -0.361 e. The number of hydrogen-bond acceptors (Lipinski definition) is 4. The summed E-state index contributed by atoms with van der Waals surface area (Å²) in [6.45, 7) is 4.08. The summed E-state index contributed by atoms with van der Waals surface area (Å²) in [6.07, 6.45) is 7.92. The zero-order chi connectivity index (χ0) is 28.8. The summed E-state index contributed by atoms with van der Waals surface area (Å²) in [5.41, 5.74) is 9.34. The van der Waals surface area contributed by atoms with Crippen LogP contribution in [0.1, 0.15) is 47.2 Å². The fraction of sp³-hybridized carbons (Fsp3) is 0.250. The third kappa shape index (κ3) is 6.97. The molecule has 3 aromatic carbocycles. The van der Waals surface area contributed by atoms with Gasteiger partial charge in [0.1, 0.15) is 0 Å². The Morgan fingerprint density at radius 2 is 1.95 bits per heavy atom. The summed E-state index contributed by atoms with van der Waals surface area (Å²) in [5, 5.41) is 16.3. The molecule has 1 aromatic heterocycles. The molecule has 1 aliphatic rings. The molecule has 4 aromatic rings. The van der Waals surface area contributed by atoms with Crippen molar-refractivity contribution in [1.29, 1.82) is 0 Å². The second-order valence-electron chi connectivity index (χ2n) is 10.2. The minimum atomic E-state index is -0.554. The molecule has 0 saturated carbocycles. The van der Waals surface area contributed by atoms with Gasteiger partial charge in [-0.25, -0.2) is 10.3 Å². The molecule has 1 unspecified atom stereocenters. The highest BCUT2D eigenvalue weighted by molar-refractivity contribution is 6.31. The molecule has 5 rings (SSSR count). The zero-order valence-corrected chi connectivity index (χ0v) is 23.7. The second kappa shape index (κ2) is 13.0. The van der Waals surface area contributed by atoms with E-state index in [0.717, 1.165) is 49.1 Å². The van der Waals surface area contributed by atoms with E-state index in [1.54, 1.807) is 11.6 Å². The molecule has 5 N–H and O–H groups in total. The summed E-state index contributed by atoms with van der Waals surface area (Å²) >= 11 is 6.20. The van der Waals surface area contributed by atoms with E-state index < -0.39 is 5.91 Å². The lowest BCUT2D eigenvalue weighted by molar-refractivity contribution is -0.124. The quantitative estimate of drug-likeness (QED) is 0.0885. The molecule has 1 atom stereocenters. The highest BCUT2D eigenvalue weighted by Crippen LogP contribution is 2.38. The Morgan fingerprint density at radius 1 is 1.12 bits per heavy atom. The van der Waals surface area contributed by atoms with Crippen molar-refractivity contribution in [2.45, 2.75) is 38.8 Å². The van der Waals surface area contributed by atoms with Crippen LogP contribution < -0.4 is 16.1 Å². The van der Waals surface area contributed by atoms with Crippen molar-refractivity contribution >= 4 is 46.2 Å². The molecule has 9 heteroatoms. The number of carbonyl (C=O) groups excluding carboxylic acids is 2. The van der Waals surface area contributed by atoms with Crippen LogP contribution in [0.3, 0.4) is 0 Å². The number of aromatic nitrogens is 1. The van der Waals surface area contributed by atoms with Gasteiger partial charge < -0.3 is 15.6 Å². The normalized spacial score (nSPS) is 14.5. The van der Waals surface area contributed by atoms with Crippen molar-refractivity contribution in [3.05, 3.63) is 106 Å². The number of hydroxylamine groups is 1. The maximum absolute atomic E-state index is 11.9. The highest BCUT2D eigenvalue weighted by Gasteiger charge is 2.28. The Balaban J connectivity index is 1.37. The van der Waals surface area contributed by atoms with E-state index in [0.29, 0.717) is 11.6 Å². The van der Waals surface area contributed by atoms with Gasteiger partial charge in [0.05, 0.1) is 0 Å². The topological polar surface area (TPSA) is 109 Å². The number of nitrogens with zero attached hydrogens (tertiary/aromatic N) is 1. The van der Waals surface area contributed by atoms with Crippen LogP contribution in [0, 0.1) is 0 Å². The Morgan fingerprint density at radius 3 is 2.73 bits per heavy atom. The second-order valence-corrected chi connectivity index (χ2v) is 10.7. The van der Waals surface area contributed by atoms with Crippen molar-refractivity contribution in [3.63, 3.8) is 0 Å². The van der Waals surface area contributed by atoms with E-state index >= 15 is 0 Å². The standard InChI is InChI=1S/C32H34ClN5O3/c1-2-34-32(40)36-26-9-3-22(4-10-26)20-38(16-15-24-19-35-29-18-25(33)8-12-27(24)29)30-13-7-23-17-21(5-11-28(23)30)6-14-31(39)37-41/h3-6,8-12,14,17-19,30,35,41H,2,7,13,15-16,20H2,1H3,(H,37,39)(H2,34,36,40).